The van der Waals surface area contributed by atoms with Crippen LogP contribution in [0.3, 0.4) is 0 Å². The second kappa shape index (κ2) is 7.78. The van der Waals surface area contributed by atoms with Gasteiger partial charge >= 0.3 is 0 Å². The van der Waals surface area contributed by atoms with Crippen molar-refractivity contribution in [1.82, 2.24) is 25.1 Å². The molecule has 9 heteroatoms. The first-order chi connectivity index (χ1) is 14.0. The van der Waals surface area contributed by atoms with Gasteiger partial charge in [-0.25, -0.2) is 4.98 Å². The number of piperidine rings is 1. The number of imide groups is 1. The average Bonchev–Trinajstić information content (AvgIpc) is 3.00. The molecule has 1 aromatic heterocycles. The van der Waals surface area contributed by atoms with Crippen molar-refractivity contribution in [3.8, 4) is 0 Å². The number of nitrogens with zero attached hydrogens (tertiary/aromatic N) is 4. The Kier molecular flexibility index (Phi) is 5.03. The summed E-state index contributed by atoms with van der Waals surface area (Å²) in [7, 11) is 0. The van der Waals surface area contributed by atoms with E-state index >= 15 is 0 Å². The molecule has 2 aliphatic heterocycles. The Hall–Kier alpha value is -3.62. The molecule has 0 unspecified atom stereocenters. The van der Waals surface area contributed by atoms with Crippen molar-refractivity contribution < 1.29 is 19.2 Å². The third-order valence-electron chi connectivity index (χ3n) is 5.15. The number of hydrogen-bond acceptors (Lipinski definition) is 6. The van der Waals surface area contributed by atoms with Gasteiger partial charge in [-0.15, -0.1) is 0 Å². The van der Waals surface area contributed by atoms with E-state index in [1.165, 1.54) is 18.6 Å². The van der Waals surface area contributed by atoms with Crippen LogP contribution in [0.2, 0.25) is 0 Å². The Morgan fingerprint density at radius 2 is 1.69 bits per heavy atom. The van der Waals surface area contributed by atoms with Crippen LogP contribution in [0.25, 0.3) is 0 Å². The van der Waals surface area contributed by atoms with E-state index in [2.05, 4.69) is 15.3 Å². The molecule has 0 spiro atoms. The molecule has 0 radical (unpaired) electrons. The molecular formula is C20H19N5O4. The zero-order valence-electron chi connectivity index (χ0n) is 15.6. The number of aromatic nitrogens is 2. The lowest BCUT2D eigenvalue weighted by molar-refractivity contribution is -0.132. The molecule has 1 N–H and O–H groups in total. The van der Waals surface area contributed by atoms with E-state index < -0.39 is 11.8 Å². The van der Waals surface area contributed by atoms with Crippen LogP contribution in [0.1, 0.15) is 44.0 Å². The minimum atomic E-state index is -0.440. The van der Waals surface area contributed by atoms with E-state index in [1.54, 1.807) is 29.2 Å². The van der Waals surface area contributed by atoms with E-state index in [0.717, 1.165) is 4.90 Å². The maximum atomic E-state index is 12.6. The number of hydrogen-bond donors (Lipinski definition) is 1. The van der Waals surface area contributed by atoms with Crippen LogP contribution in [0.15, 0.2) is 42.9 Å². The Morgan fingerprint density at radius 1 is 1.03 bits per heavy atom. The van der Waals surface area contributed by atoms with Crippen molar-refractivity contribution in [2.24, 2.45) is 0 Å². The van der Waals surface area contributed by atoms with Gasteiger partial charge in [-0.3, -0.25) is 29.1 Å². The second-order valence-corrected chi connectivity index (χ2v) is 6.96. The Balaban J connectivity index is 1.30. The van der Waals surface area contributed by atoms with Gasteiger partial charge in [0, 0.05) is 31.5 Å². The predicted molar refractivity (Wildman–Crippen MR) is 101 cm³/mol. The monoisotopic (exact) mass is 393 g/mol. The number of carbonyl (C=O) groups is 4. The first-order valence-corrected chi connectivity index (χ1v) is 9.34. The maximum absolute atomic E-state index is 12.6. The minimum Gasteiger partial charge on any atom is -0.348 e. The van der Waals surface area contributed by atoms with E-state index in [9.17, 15) is 19.2 Å². The van der Waals surface area contributed by atoms with E-state index in [1.807, 2.05) is 0 Å². The Labute approximate surface area is 166 Å². The summed E-state index contributed by atoms with van der Waals surface area (Å²) < 4.78 is 0. The SMILES string of the molecule is O=C(NC1CCN(C(=O)CN2C(=O)c3ccccc3C2=O)CC1)c1cnccn1. The molecule has 1 saturated heterocycles. The summed E-state index contributed by atoms with van der Waals surface area (Å²) in [6, 6.07) is 6.48. The summed E-state index contributed by atoms with van der Waals surface area (Å²) in [6.45, 7) is 0.601. The highest BCUT2D eigenvalue weighted by Gasteiger charge is 2.37. The molecule has 0 atom stereocenters. The van der Waals surface area contributed by atoms with Gasteiger partial charge in [0.25, 0.3) is 17.7 Å². The van der Waals surface area contributed by atoms with Gasteiger partial charge in [-0.1, -0.05) is 12.1 Å². The van der Waals surface area contributed by atoms with Gasteiger partial charge in [0.1, 0.15) is 12.2 Å². The highest BCUT2D eigenvalue weighted by molar-refractivity contribution is 6.22. The third-order valence-corrected chi connectivity index (χ3v) is 5.15. The summed E-state index contributed by atoms with van der Waals surface area (Å²) in [5.74, 6) is -1.46. The molecule has 1 aromatic carbocycles. The van der Waals surface area contributed by atoms with Crippen molar-refractivity contribution in [2.45, 2.75) is 18.9 Å². The van der Waals surface area contributed by atoms with E-state index in [0.29, 0.717) is 37.1 Å². The zero-order valence-corrected chi connectivity index (χ0v) is 15.6. The van der Waals surface area contributed by atoms with Crippen LogP contribution in [0, 0.1) is 0 Å². The Bertz CT molecular complexity index is 935. The predicted octanol–water partition coefficient (Wildman–Crippen LogP) is 0.494. The molecule has 148 valence electrons. The second-order valence-electron chi connectivity index (χ2n) is 6.96. The van der Waals surface area contributed by atoms with Gasteiger partial charge < -0.3 is 10.2 Å². The van der Waals surface area contributed by atoms with Crippen molar-refractivity contribution in [3.05, 3.63) is 59.7 Å². The molecule has 4 rings (SSSR count). The molecule has 29 heavy (non-hydrogen) atoms. The summed E-state index contributed by atoms with van der Waals surface area (Å²) >= 11 is 0. The summed E-state index contributed by atoms with van der Waals surface area (Å²) in [5, 5.41) is 2.90. The summed E-state index contributed by atoms with van der Waals surface area (Å²) in [4.78, 5) is 60.1. The molecule has 2 aliphatic rings. The molecule has 0 aliphatic carbocycles. The number of rotatable bonds is 4. The van der Waals surface area contributed by atoms with Crippen LogP contribution in [-0.2, 0) is 4.79 Å². The lowest BCUT2D eigenvalue weighted by atomic mass is 10.0. The number of carbonyl (C=O) groups excluding carboxylic acids is 4. The topological polar surface area (TPSA) is 113 Å². The van der Waals surface area contributed by atoms with E-state index in [4.69, 9.17) is 0 Å². The fourth-order valence-corrected chi connectivity index (χ4v) is 3.57. The molecular weight excluding hydrogens is 374 g/mol. The van der Waals surface area contributed by atoms with Crippen LogP contribution < -0.4 is 5.32 Å². The quantitative estimate of drug-likeness (QED) is 0.757. The molecule has 0 saturated carbocycles. The molecule has 4 amide bonds. The highest BCUT2D eigenvalue weighted by Crippen LogP contribution is 2.22. The van der Waals surface area contributed by atoms with Crippen LogP contribution in [-0.4, -0.2) is 69.1 Å². The van der Waals surface area contributed by atoms with Crippen LogP contribution >= 0.6 is 0 Å². The number of nitrogens with one attached hydrogen (secondary N) is 1. The minimum absolute atomic E-state index is 0.0761. The van der Waals surface area contributed by atoms with Crippen LogP contribution in [0.5, 0.6) is 0 Å². The maximum Gasteiger partial charge on any atom is 0.271 e. The van der Waals surface area contributed by atoms with Gasteiger partial charge in [0.05, 0.1) is 17.3 Å². The summed E-state index contributed by atoms with van der Waals surface area (Å²) in [6.07, 6.45) is 5.51. The largest absolute Gasteiger partial charge is 0.348 e. The van der Waals surface area contributed by atoms with Gasteiger partial charge in [-0.05, 0) is 25.0 Å². The Morgan fingerprint density at radius 3 is 2.28 bits per heavy atom. The first-order valence-electron chi connectivity index (χ1n) is 9.34. The normalized spacial score (nSPS) is 16.7. The molecule has 1 fully saturated rings. The molecule has 9 nitrogen and oxygen atoms in total. The van der Waals surface area contributed by atoms with Crippen molar-refractivity contribution in [3.63, 3.8) is 0 Å². The molecule has 0 bridgehead atoms. The number of benzene rings is 1. The lowest BCUT2D eigenvalue weighted by Crippen LogP contribution is -2.49. The van der Waals surface area contributed by atoms with E-state index in [-0.39, 0.29) is 30.1 Å². The fourth-order valence-electron chi connectivity index (χ4n) is 3.57. The van der Waals surface area contributed by atoms with Crippen LogP contribution in [0.4, 0.5) is 0 Å². The lowest BCUT2D eigenvalue weighted by Gasteiger charge is -2.33. The highest BCUT2D eigenvalue weighted by atomic mass is 16.2. The number of amides is 4. The molecule has 2 aromatic rings. The van der Waals surface area contributed by atoms with Gasteiger partial charge in [0.15, 0.2) is 0 Å². The van der Waals surface area contributed by atoms with Gasteiger partial charge in [-0.2, -0.15) is 0 Å². The third kappa shape index (κ3) is 3.71. The zero-order chi connectivity index (χ0) is 20.4. The first kappa shape index (κ1) is 18.7. The smallest absolute Gasteiger partial charge is 0.271 e. The van der Waals surface area contributed by atoms with Gasteiger partial charge in [0.2, 0.25) is 5.91 Å². The number of likely N-dealkylation sites (tertiary alicyclic amines) is 1. The van der Waals surface area contributed by atoms with Crippen molar-refractivity contribution >= 4 is 23.6 Å². The fraction of sp³-hybridized carbons (Fsp3) is 0.300. The summed E-state index contributed by atoms with van der Waals surface area (Å²) in [5.41, 5.74) is 0.906. The van der Waals surface area contributed by atoms with Crippen molar-refractivity contribution in [2.75, 3.05) is 19.6 Å². The molecule has 3 heterocycles. The van der Waals surface area contributed by atoms with Crippen molar-refractivity contribution in [1.29, 1.82) is 0 Å². The average molecular weight is 393 g/mol. The number of fused-ring (bicyclic) bond motifs is 1. The standard InChI is InChI=1S/C20H19N5O4/c26-17(12-25-19(28)14-3-1-2-4-15(14)20(25)29)24-9-5-13(6-10-24)23-18(27)16-11-21-7-8-22-16/h1-4,7-8,11,13H,5-6,9-10,12H2,(H,23,27).